The molecule has 0 saturated carbocycles. The van der Waals surface area contributed by atoms with Crippen molar-refractivity contribution in [3.05, 3.63) is 27.7 Å². The summed E-state index contributed by atoms with van der Waals surface area (Å²) < 4.78 is 0. The van der Waals surface area contributed by atoms with Gasteiger partial charge in [-0.3, -0.25) is 0 Å². The van der Waals surface area contributed by atoms with E-state index in [1.165, 1.54) is 0 Å². The molecule has 14 heavy (non-hydrogen) atoms. The minimum Gasteiger partial charge on any atom is -0.505 e. The van der Waals surface area contributed by atoms with E-state index in [4.69, 9.17) is 28.9 Å². The number of hydrogen-bond donors (Lipinski definition) is 2. The SMILES string of the molecule is CC(C)(N)Cc1cc(Cl)c(O)c(Cl)c1. The Hall–Kier alpha value is -0.440. The van der Waals surface area contributed by atoms with Gasteiger partial charge in [0.05, 0.1) is 10.0 Å². The lowest BCUT2D eigenvalue weighted by Gasteiger charge is -2.18. The van der Waals surface area contributed by atoms with Crippen LogP contribution in [0, 0.1) is 0 Å². The summed E-state index contributed by atoms with van der Waals surface area (Å²) >= 11 is 11.5. The van der Waals surface area contributed by atoms with E-state index < -0.39 is 0 Å². The maximum absolute atomic E-state index is 9.33. The van der Waals surface area contributed by atoms with Gasteiger partial charge in [-0.25, -0.2) is 0 Å². The van der Waals surface area contributed by atoms with Crippen LogP contribution < -0.4 is 5.73 Å². The van der Waals surface area contributed by atoms with E-state index in [9.17, 15) is 5.11 Å². The monoisotopic (exact) mass is 233 g/mol. The second-order valence-electron chi connectivity index (χ2n) is 4.07. The average Bonchev–Trinajstić information content (AvgIpc) is 1.96. The quantitative estimate of drug-likeness (QED) is 0.826. The van der Waals surface area contributed by atoms with Crippen LogP contribution in [0.4, 0.5) is 0 Å². The summed E-state index contributed by atoms with van der Waals surface area (Å²) in [6, 6.07) is 3.36. The van der Waals surface area contributed by atoms with Crippen LogP contribution in [0.15, 0.2) is 12.1 Å². The smallest absolute Gasteiger partial charge is 0.152 e. The highest BCUT2D eigenvalue weighted by Gasteiger charge is 2.14. The molecule has 2 nitrogen and oxygen atoms in total. The molecule has 0 fully saturated rings. The number of halogens is 2. The van der Waals surface area contributed by atoms with Crippen LogP contribution in [0.2, 0.25) is 10.0 Å². The third-order valence-electron chi connectivity index (χ3n) is 1.74. The van der Waals surface area contributed by atoms with Gasteiger partial charge in [0, 0.05) is 5.54 Å². The Kier molecular flexibility index (Phi) is 3.30. The standard InChI is InChI=1S/C10H13Cl2NO/c1-10(2,13)5-6-3-7(11)9(14)8(12)4-6/h3-4,14H,5,13H2,1-2H3. The molecule has 0 radical (unpaired) electrons. The maximum atomic E-state index is 9.33. The molecule has 0 aliphatic rings. The van der Waals surface area contributed by atoms with Crippen LogP contribution in [0.3, 0.4) is 0 Å². The predicted molar refractivity (Wildman–Crippen MR) is 60.1 cm³/mol. The summed E-state index contributed by atoms with van der Waals surface area (Å²) in [6.07, 6.45) is 0.659. The van der Waals surface area contributed by atoms with Crippen molar-refractivity contribution in [2.45, 2.75) is 25.8 Å². The van der Waals surface area contributed by atoms with Crippen molar-refractivity contribution in [3.63, 3.8) is 0 Å². The summed E-state index contributed by atoms with van der Waals surface area (Å²) in [5.41, 5.74) is 6.46. The Morgan fingerprint density at radius 1 is 1.29 bits per heavy atom. The fourth-order valence-electron chi connectivity index (χ4n) is 1.25. The summed E-state index contributed by atoms with van der Waals surface area (Å²) in [5, 5.41) is 9.86. The Morgan fingerprint density at radius 3 is 2.07 bits per heavy atom. The highest BCUT2D eigenvalue weighted by Crippen LogP contribution is 2.33. The van der Waals surface area contributed by atoms with Gasteiger partial charge < -0.3 is 10.8 Å². The van der Waals surface area contributed by atoms with Crippen molar-refractivity contribution < 1.29 is 5.11 Å². The molecule has 0 aliphatic carbocycles. The molecule has 1 aromatic carbocycles. The number of nitrogens with two attached hydrogens (primary N) is 1. The van der Waals surface area contributed by atoms with Gasteiger partial charge >= 0.3 is 0 Å². The Balaban J connectivity index is 3.02. The fourth-order valence-corrected chi connectivity index (χ4v) is 1.78. The molecule has 0 aromatic heterocycles. The zero-order valence-electron chi connectivity index (χ0n) is 8.14. The number of phenolic OH excluding ortho intramolecular Hbond substituents is 1. The summed E-state index contributed by atoms with van der Waals surface area (Å²) in [6.45, 7) is 3.84. The number of rotatable bonds is 2. The molecule has 0 amide bonds. The van der Waals surface area contributed by atoms with Crippen LogP contribution in [0.25, 0.3) is 0 Å². The second-order valence-corrected chi connectivity index (χ2v) is 4.89. The number of hydrogen-bond acceptors (Lipinski definition) is 2. The molecule has 0 saturated heterocycles. The highest BCUT2D eigenvalue weighted by molar-refractivity contribution is 6.37. The molecule has 78 valence electrons. The molecule has 0 heterocycles. The molecular formula is C10H13Cl2NO. The summed E-state index contributed by atoms with van der Waals surface area (Å²) in [7, 11) is 0. The normalized spacial score (nSPS) is 11.8. The molecule has 0 spiro atoms. The van der Waals surface area contributed by atoms with Gasteiger partial charge in [0.25, 0.3) is 0 Å². The topological polar surface area (TPSA) is 46.2 Å². The lowest BCUT2D eigenvalue weighted by Crippen LogP contribution is -2.34. The van der Waals surface area contributed by atoms with Crippen LogP contribution in [0.5, 0.6) is 5.75 Å². The first kappa shape index (κ1) is 11.6. The van der Waals surface area contributed by atoms with Crippen LogP contribution in [0.1, 0.15) is 19.4 Å². The van der Waals surface area contributed by atoms with Crippen molar-refractivity contribution in [2.75, 3.05) is 0 Å². The molecule has 0 bridgehead atoms. The first-order chi connectivity index (χ1) is 6.29. The molecule has 3 N–H and O–H groups in total. The Labute approximate surface area is 93.6 Å². The van der Waals surface area contributed by atoms with Crippen molar-refractivity contribution in [3.8, 4) is 5.75 Å². The third-order valence-corrected chi connectivity index (χ3v) is 2.31. The van der Waals surface area contributed by atoms with Gasteiger partial charge in [0.1, 0.15) is 0 Å². The first-order valence-electron chi connectivity index (χ1n) is 4.25. The van der Waals surface area contributed by atoms with Crippen LogP contribution in [-0.2, 0) is 6.42 Å². The predicted octanol–water partition coefficient (Wildman–Crippen LogP) is 2.98. The molecular weight excluding hydrogens is 221 g/mol. The highest BCUT2D eigenvalue weighted by atomic mass is 35.5. The minimum absolute atomic E-state index is 0.0769. The van der Waals surface area contributed by atoms with E-state index in [-0.39, 0.29) is 21.3 Å². The second kappa shape index (κ2) is 3.97. The third kappa shape index (κ3) is 3.05. The number of phenols is 1. The molecule has 4 heteroatoms. The molecule has 0 atom stereocenters. The van der Waals surface area contributed by atoms with Crippen molar-refractivity contribution in [1.29, 1.82) is 0 Å². The van der Waals surface area contributed by atoms with Crippen LogP contribution >= 0.6 is 23.2 Å². The number of aromatic hydroxyl groups is 1. The summed E-state index contributed by atoms with van der Waals surface area (Å²) in [5.74, 6) is -0.0769. The van der Waals surface area contributed by atoms with Gasteiger partial charge in [-0.2, -0.15) is 0 Å². The van der Waals surface area contributed by atoms with E-state index in [2.05, 4.69) is 0 Å². The van der Waals surface area contributed by atoms with Crippen molar-refractivity contribution in [1.82, 2.24) is 0 Å². The minimum atomic E-state index is -0.316. The summed E-state index contributed by atoms with van der Waals surface area (Å²) in [4.78, 5) is 0. The zero-order valence-corrected chi connectivity index (χ0v) is 9.65. The molecule has 0 aliphatic heterocycles. The van der Waals surface area contributed by atoms with Crippen molar-refractivity contribution >= 4 is 23.2 Å². The first-order valence-corrected chi connectivity index (χ1v) is 5.01. The zero-order chi connectivity index (χ0) is 10.9. The lowest BCUT2D eigenvalue weighted by molar-refractivity contribution is 0.474. The van der Waals surface area contributed by atoms with E-state index >= 15 is 0 Å². The Bertz CT molecular complexity index is 321. The van der Waals surface area contributed by atoms with E-state index in [0.29, 0.717) is 6.42 Å². The molecule has 1 aromatic rings. The van der Waals surface area contributed by atoms with Crippen LogP contribution in [-0.4, -0.2) is 10.6 Å². The van der Waals surface area contributed by atoms with Gasteiger partial charge in [-0.05, 0) is 38.0 Å². The van der Waals surface area contributed by atoms with Gasteiger partial charge in [-0.1, -0.05) is 23.2 Å². The Morgan fingerprint density at radius 2 is 1.71 bits per heavy atom. The maximum Gasteiger partial charge on any atom is 0.152 e. The van der Waals surface area contributed by atoms with Crippen molar-refractivity contribution in [2.24, 2.45) is 5.73 Å². The van der Waals surface area contributed by atoms with Gasteiger partial charge in [-0.15, -0.1) is 0 Å². The lowest BCUT2D eigenvalue weighted by atomic mass is 9.96. The molecule has 1 rings (SSSR count). The van der Waals surface area contributed by atoms with E-state index in [1.807, 2.05) is 13.8 Å². The average molecular weight is 234 g/mol. The molecule has 0 unspecified atom stereocenters. The van der Waals surface area contributed by atoms with E-state index in [0.717, 1.165) is 5.56 Å². The van der Waals surface area contributed by atoms with E-state index in [1.54, 1.807) is 12.1 Å². The van der Waals surface area contributed by atoms with Gasteiger partial charge in [0.2, 0.25) is 0 Å². The fraction of sp³-hybridized carbons (Fsp3) is 0.400. The van der Waals surface area contributed by atoms with Gasteiger partial charge in [0.15, 0.2) is 5.75 Å². The largest absolute Gasteiger partial charge is 0.505 e. The number of benzene rings is 1.